The monoisotopic (exact) mass is 207 g/mol. The minimum absolute atomic E-state index is 0.582. The van der Waals surface area contributed by atoms with Crippen LogP contribution in [0.2, 0.25) is 0 Å². The molecule has 1 aromatic heterocycles. The van der Waals surface area contributed by atoms with Crippen molar-refractivity contribution < 1.29 is 23.2 Å². The first-order valence-electron chi connectivity index (χ1n) is 3.38. The Morgan fingerprint density at radius 2 is 1.93 bits per heavy atom. The third kappa shape index (κ3) is 2.12. The lowest BCUT2D eigenvalue weighted by atomic mass is 9.80. The van der Waals surface area contributed by atoms with E-state index in [1.807, 2.05) is 0 Å². The number of aromatic nitrogens is 2. The largest absolute Gasteiger partial charge is 0.492 e. The molecule has 0 unspecified atom stereocenters. The van der Waals surface area contributed by atoms with Crippen LogP contribution in [0.5, 0.6) is 0 Å². The molecule has 14 heavy (non-hydrogen) atoms. The second-order valence-corrected chi connectivity index (χ2v) is 2.40. The van der Waals surface area contributed by atoms with Crippen LogP contribution in [-0.4, -0.2) is 27.1 Å². The molecule has 0 amide bonds. The SMILES string of the molecule is Nc1ncc(B(O)O)c(C(F)(F)F)n1. The highest BCUT2D eigenvalue weighted by molar-refractivity contribution is 6.59. The van der Waals surface area contributed by atoms with E-state index >= 15 is 0 Å². The van der Waals surface area contributed by atoms with Crippen LogP contribution in [0.1, 0.15) is 5.69 Å². The lowest BCUT2D eigenvalue weighted by molar-refractivity contribution is -0.140. The van der Waals surface area contributed by atoms with E-state index in [4.69, 9.17) is 15.8 Å². The van der Waals surface area contributed by atoms with Gasteiger partial charge in [-0.1, -0.05) is 0 Å². The maximum absolute atomic E-state index is 12.2. The summed E-state index contributed by atoms with van der Waals surface area (Å²) in [6.07, 6.45) is -4.17. The minimum atomic E-state index is -4.80. The molecular formula is C5H5BF3N3O2. The van der Waals surface area contributed by atoms with Crippen molar-refractivity contribution in [1.82, 2.24) is 9.97 Å². The van der Waals surface area contributed by atoms with Gasteiger partial charge in [-0.2, -0.15) is 13.2 Å². The van der Waals surface area contributed by atoms with Gasteiger partial charge in [0.2, 0.25) is 5.95 Å². The molecule has 0 saturated heterocycles. The Bertz CT molecular complexity index is 343. The van der Waals surface area contributed by atoms with E-state index in [9.17, 15) is 13.2 Å². The molecule has 0 aliphatic heterocycles. The Morgan fingerprint density at radius 3 is 2.36 bits per heavy atom. The van der Waals surface area contributed by atoms with Crippen LogP contribution in [0.15, 0.2) is 6.20 Å². The topological polar surface area (TPSA) is 92.3 Å². The molecule has 0 aromatic carbocycles. The van der Waals surface area contributed by atoms with Crippen molar-refractivity contribution in [3.63, 3.8) is 0 Å². The van der Waals surface area contributed by atoms with Crippen molar-refractivity contribution in [2.75, 3.05) is 5.73 Å². The lowest BCUT2D eigenvalue weighted by Gasteiger charge is -2.10. The molecule has 1 heterocycles. The molecule has 0 atom stereocenters. The molecule has 1 rings (SSSR count). The number of hydrogen-bond acceptors (Lipinski definition) is 5. The molecule has 0 fully saturated rings. The van der Waals surface area contributed by atoms with Crippen molar-refractivity contribution in [2.45, 2.75) is 6.18 Å². The van der Waals surface area contributed by atoms with E-state index in [1.54, 1.807) is 0 Å². The number of alkyl halides is 3. The number of halogens is 3. The summed E-state index contributed by atoms with van der Waals surface area (Å²) in [4.78, 5) is 6.11. The first-order chi connectivity index (χ1) is 6.32. The van der Waals surface area contributed by atoms with E-state index in [-0.39, 0.29) is 0 Å². The summed E-state index contributed by atoms with van der Waals surface area (Å²) in [6, 6.07) is 0. The van der Waals surface area contributed by atoms with Crippen molar-refractivity contribution in [2.24, 2.45) is 0 Å². The van der Waals surface area contributed by atoms with Gasteiger partial charge in [0.1, 0.15) is 5.69 Å². The molecule has 0 spiro atoms. The van der Waals surface area contributed by atoms with Gasteiger partial charge < -0.3 is 15.8 Å². The lowest BCUT2D eigenvalue weighted by Crippen LogP contribution is -2.37. The van der Waals surface area contributed by atoms with Gasteiger partial charge in [-0.15, -0.1) is 0 Å². The normalized spacial score (nSPS) is 11.5. The molecule has 0 aliphatic rings. The molecule has 0 aliphatic carbocycles. The highest BCUT2D eigenvalue weighted by Gasteiger charge is 2.38. The number of nitrogens with two attached hydrogens (primary N) is 1. The summed E-state index contributed by atoms with van der Waals surface area (Å²) >= 11 is 0. The van der Waals surface area contributed by atoms with Crippen molar-refractivity contribution in [3.05, 3.63) is 11.9 Å². The zero-order chi connectivity index (χ0) is 10.9. The van der Waals surface area contributed by atoms with Gasteiger partial charge in [0, 0.05) is 11.7 Å². The Morgan fingerprint density at radius 1 is 1.36 bits per heavy atom. The van der Waals surface area contributed by atoms with Gasteiger partial charge in [0.25, 0.3) is 0 Å². The van der Waals surface area contributed by atoms with Gasteiger partial charge in [-0.05, 0) is 0 Å². The third-order valence-corrected chi connectivity index (χ3v) is 1.38. The molecule has 5 nitrogen and oxygen atoms in total. The van der Waals surface area contributed by atoms with Crippen LogP contribution in [-0.2, 0) is 6.18 Å². The van der Waals surface area contributed by atoms with Crippen LogP contribution in [0.25, 0.3) is 0 Å². The fourth-order valence-corrected chi connectivity index (χ4v) is 0.821. The quantitative estimate of drug-likeness (QED) is 0.500. The standard InChI is InChI=1S/C5H5BF3N3O2/c7-5(8,9)3-2(6(13)14)1-11-4(10)12-3/h1,13-14H,(H2,10,11,12). The third-order valence-electron chi connectivity index (χ3n) is 1.38. The van der Waals surface area contributed by atoms with Gasteiger partial charge >= 0.3 is 13.3 Å². The number of anilines is 1. The van der Waals surface area contributed by atoms with Crippen LogP contribution >= 0.6 is 0 Å². The molecule has 0 bridgehead atoms. The van der Waals surface area contributed by atoms with E-state index in [1.165, 1.54) is 0 Å². The van der Waals surface area contributed by atoms with E-state index in [0.29, 0.717) is 6.20 Å². The average molecular weight is 207 g/mol. The minimum Gasteiger partial charge on any atom is -0.423 e. The molecule has 4 N–H and O–H groups in total. The molecule has 9 heteroatoms. The molecule has 1 aromatic rings. The first-order valence-corrected chi connectivity index (χ1v) is 3.38. The molecule has 76 valence electrons. The van der Waals surface area contributed by atoms with Gasteiger partial charge in [0.15, 0.2) is 0 Å². The van der Waals surface area contributed by atoms with Gasteiger partial charge in [-0.25, -0.2) is 9.97 Å². The second-order valence-electron chi connectivity index (χ2n) is 2.40. The number of rotatable bonds is 1. The Labute approximate surface area is 76.6 Å². The van der Waals surface area contributed by atoms with Crippen molar-refractivity contribution >= 4 is 18.5 Å². The summed E-state index contributed by atoms with van der Waals surface area (Å²) < 4.78 is 36.7. The van der Waals surface area contributed by atoms with E-state index in [0.717, 1.165) is 0 Å². The molecule has 0 radical (unpaired) electrons. The van der Waals surface area contributed by atoms with Crippen molar-refractivity contribution in [1.29, 1.82) is 0 Å². The average Bonchev–Trinajstić information content (AvgIpc) is 2.01. The summed E-state index contributed by atoms with van der Waals surface area (Å²) in [7, 11) is -2.28. The molecular weight excluding hydrogens is 202 g/mol. The van der Waals surface area contributed by atoms with Gasteiger partial charge in [0.05, 0.1) is 0 Å². The van der Waals surface area contributed by atoms with E-state index in [2.05, 4.69) is 9.97 Å². The van der Waals surface area contributed by atoms with Crippen LogP contribution in [0.4, 0.5) is 19.1 Å². The van der Waals surface area contributed by atoms with Crippen LogP contribution in [0.3, 0.4) is 0 Å². The predicted molar refractivity (Wildman–Crippen MR) is 41.3 cm³/mol. The summed E-state index contributed by atoms with van der Waals surface area (Å²) in [5.74, 6) is -0.582. The first kappa shape index (κ1) is 10.7. The fraction of sp³-hybridized carbons (Fsp3) is 0.200. The maximum Gasteiger partial charge on any atom is 0.492 e. The Balaban J connectivity index is 3.30. The van der Waals surface area contributed by atoms with Crippen LogP contribution in [0, 0.1) is 0 Å². The van der Waals surface area contributed by atoms with E-state index < -0.39 is 30.4 Å². The fourth-order valence-electron chi connectivity index (χ4n) is 0.821. The number of nitrogens with zero attached hydrogens (tertiary/aromatic N) is 2. The van der Waals surface area contributed by atoms with Crippen LogP contribution < -0.4 is 11.2 Å². The van der Waals surface area contributed by atoms with Gasteiger partial charge in [-0.3, -0.25) is 0 Å². The Kier molecular flexibility index (Phi) is 2.63. The molecule has 0 saturated carbocycles. The zero-order valence-electron chi connectivity index (χ0n) is 6.65. The highest BCUT2D eigenvalue weighted by atomic mass is 19.4. The summed E-state index contributed by atoms with van der Waals surface area (Å²) in [5.41, 5.74) is 2.67. The summed E-state index contributed by atoms with van der Waals surface area (Å²) in [5, 5.41) is 17.2. The highest BCUT2D eigenvalue weighted by Crippen LogP contribution is 2.26. The predicted octanol–water partition coefficient (Wildman–Crippen LogP) is -1.24. The number of nitrogen functional groups attached to an aromatic ring is 1. The summed E-state index contributed by atoms with van der Waals surface area (Å²) in [6.45, 7) is 0. The maximum atomic E-state index is 12.2. The second kappa shape index (κ2) is 3.43. The smallest absolute Gasteiger partial charge is 0.423 e. The Hall–Kier alpha value is -1.35. The zero-order valence-corrected chi connectivity index (χ0v) is 6.65. The van der Waals surface area contributed by atoms with Crippen molar-refractivity contribution in [3.8, 4) is 0 Å². The number of hydrogen-bond donors (Lipinski definition) is 3.